The molecule has 0 unspecified atom stereocenters. The number of ether oxygens (including phenoxy) is 1. The van der Waals surface area contributed by atoms with Gasteiger partial charge in [-0.15, -0.1) is 0 Å². The van der Waals surface area contributed by atoms with E-state index in [2.05, 4.69) is 16.7 Å². The number of carbonyl (C=O) groups is 3. The zero-order valence-electron chi connectivity index (χ0n) is 15.4. The number of esters is 1. The maximum Gasteiger partial charge on any atom is 0.306 e. The summed E-state index contributed by atoms with van der Waals surface area (Å²) in [4.78, 5) is 36.5. The molecule has 0 heterocycles. The molecular weight excluding hydrogens is 344 g/mol. The van der Waals surface area contributed by atoms with Crippen molar-refractivity contribution in [3.8, 4) is 0 Å². The van der Waals surface area contributed by atoms with Crippen LogP contribution in [0.1, 0.15) is 55.3 Å². The van der Waals surface area contributed by atoms with Gasteiger partial charge in [0.15, 0.2) is 6.61 Å². The monoisotopic (exact) mass is 370 g/mol. The molecule has 2 N–H and O–H groups in total. The summed E-state index contributed by atoms with van der Waals surface area (Å²) in [6, 6.07) is 7.06. The van der Waals surface area contributed by atoms with Gasteiger partial charge in [0.2, 0.25) is 0 Å². The van der Waals surface area contributed by atoms with Crippen LogP contribution in [-0.4, -0.2) is 30.4 Å². The van der Waals surface area contributed by atoms with Crippen molar-refractivity contribution >= 4 is 23.5 Å². The molecule has 6 nitrogen and oxygen atoms in total. The summed E-state index contributed by atoms with van der Waals surface area (Å²) in [5.41, 5.74) is 0.841. The van der Waals surface area contributed by atoms with Gasteiger partial charge >= 0.3 is 5.97 Å². The second-order valence-electron chi connectivity index (χ2n) is 7.18. The first-order valence-corrected chi connectivity index (χ1v) is 9.64. The molecule has 2 amide bonds. The molecule has 1 atom stereocenters. The van der Waals surface area contributed by atoms with Crippen molar-refractivity contribution in [1.82, 2.24) is 5.32 Å². The van der Waals surface area contributed by atoms with E-state index in [1.807, 2.05) is 6.08 Å². The molecule has 1 aromatic rings. The lowest BCUT2D eigenvalue weighted by atomic mass is 10.1. The van der Waals surface area contributed by atoms with Crippen molar-refractivity contribution in [3.05, 3.63) is 42.0 Å². The highest BCUT2D eigenvalue weighted by Crippen LogP contribution is 2.21. The molecule has 2 aliphatic carbocycles. The number of rotatable bonds is 7. The summed E-state index contributed by atoms with van der Waals surface area (Å²) in [6.45, 7) is -0.353. The van der Waals surface area contributed by atoms with Gasteiger partial charge in [-0.2, -0.15) is 0 Å². The number of hydrogen-bond acceptors (Lipinski definition) is 4. The fourth-order valence-corrected chi connectivity index (χ4v) is 3.59. The highest BCUT2D eigenvalue weighted by atomic mass is 16.5. The Morgan fingerprint density at radius 1 is 1.07 bits per heavy atom. The Morgan fingerprint density at radius 3 is 2.59 bits per heavy atom. The summed E-state index contributed by atoms with van der Waals surface area (Å²) in [6.07, 6.45) is 10.5. The van der Waals surface area contributed by atoms with Crippen molar-refractivity contribution in [2.24, 2.45) is 5.92 Å². The van der Waals surface area contributed by atoms with Gasteiger partial charge in [0.25, 0.3) is 11.8 Å². The standard InChI is InChI=1S/C21H26N2O4/c24-19(14-27-20(25)13-15-7-1-2-8-15)23-18-12-6-5-11-17(18)21(26)22-16-9-3-4-10-16/h1,5-7,11-12,15-16H,2-4,8-10,13-14H2,(H,22,26)(H,23,24)/t15-/m0/s1. The van der Waals surface area contributed by atoms with E-state index < -0.39 is 5.91 Å². The van der Waals surface area contributed by atoms with Gasteiger partial charge in [-0.3, -0.25) is 14.4 Å². The molecule has 3 rings (SSSR count). The molecule has 1 fully saturated rings. The van der Waals surface area contributed by atoms with Gasteiger partial charge in [0.05, 0.1) is 17.7 Å². The third kappa shape index (κ3) is 5.67. The molecule has 0 saturated heterocycles. The third-order valence-corrected chi connectivity index (χ3v) is 5.04. The molecule has 0 aliphatic heterocycles. The first-order chi connectivity index (χ1) is 13.1. The number of amides is 2. The van der Waals surface area contributed by atoms with Gasteiger partial charge in [-0.05, 0) is 43.7 Å². The van der Waals surface area contributed by atoms with Crippen LogP contribution in [0.25, 0.3) is 0 Å². The van der Waals surface area contributed by atoms with Crippen LogP contribution in [-0.2, 0) is 14.3 Å². The average Bonchev–Trinajstić information content (AvgIpc) is 3.34. The van der Waals surface area contributed by atoms with E-state index in [4.69, 9.17) is 4.74 Å². The fourth-order valence-electron chi connectivity index (χ4n) is 3.59. The summed E-state index contributed by atoms with van der Waals surface area (Å²) in [7, 11) is 0. The minimum atomic E-state index is -0.452. The highest BCUT2D eigenvalue weighted by Gasteiger charge is 2.20. The summed E-state index contributed by atoms with van der Waals surface area (Å²) in [5.74, 6) is -0.816. The normalized spacial score (nSPS) is 19.0. The van der Waals surface area contributed by atoms with Crippen molar-refractivity contribution in [3.63, 3.8) is 0 Å². The summed E-state index contributed by atoms with van der Waals surface area (Å²) >= 11 is 0. The number of benzene rings is 1. The third-order valence-electron chi connectivity index (χ3n) is 5.04. The van der Waals surface area contributed by atoms with Crippen LogP contribution in [0.3, 0.4) is 0 Å². The van der Waals surface area contributed by atoms with E-state index in [0.29, 0.717) is 17.7 Å². The zero-order chi connectivity index (χ0) is 19.1. The van der Waals surface area contributed by atoms with Gasteiger partial charge in [0.1, 0.15) is 0 Å². The lowest BCUT2D eigenvalue weighted by Crippen LogP contribution is -2.33. The lowest BCUT2D eigenvalue weighted by Gasteiger charge is -2.15. The van der Waals surface area contributed by atoms with Crippen LogP contribution in [0.2, 0.25) is 0 Å². The van der Waals surface area contributed by atoms with Crippen LogP contribution < -0.4 is 10.6 Å². The quantitative estimate of drug-likeness (QED) is 0.570. The Kier molecular flexibility index (Phi) is 6.63. The van der Waals surface area contributed by atoms with Gasteiger partial charge in [0, 0.05) is 6.04 Å². The van der Waals surface area contributed by atoms with Gasteiger partial charge < -0.3 is 15.4 Å². The molecule has 0 bridgehead atoms. The van der Waals surface area contributed by atoms with Crippen LogP contribution >= 0.6 is 0 Å². The first kappa shape index (κ1) is 19.1. The van der Waals surface area contributed by atoms with Crippen molar-refractivity contribution < 1.29 is 19.1 Å². The molecule has 144 valence electrons. The fraction of sp³-hybridized carbons (Fsp3) is 0.476. The molecule has 0 spiro atoms. The predicted molar refractivity (Wildman–Crippen MR) is 102 cm³/mol. The number of carbonyl (C=O) groups excluding carboxylic acids is 3. The average molecular weight is 370 g/mol. The SMILES string of the molecule is O=C(COC(=O)C[C@H]1C=CCC1)Nc1ccccc1C(=O)NC1CCCC1. The maximum atomic E-state index is 12.5. The topological polar surface area (TPSA) is 84.5 Å². The molecule has 1 saturated carbocycles. The van der Waals surface area contributed by atoms with E-state index in [1.54, 1.807) is 24.3 Å². The van der Waals surface area contributed by atoms with Crippen molar-refractivity contribution in [2.45, 2.75) is 51.0 Å². The number of allylic oxidation sites excluding steroid dienone is 2. The second kappa shape index (κ2) is 9.35. The van der Waals surface area contributed by atoms with Crippen molar-refractivity contribution in [1.29, 1.82) is 0 Å². The Balaban J connectivity index is 1.50. The van der Waals surface area contributed by atoms with Crippen LogP contribution in [0.15, 0.2) is 36.4 Å². The summed E-state index contributed by atoms with van der Waals surface area (Å²) in [5, 5.41) is 5.69. The molecule has 0 radical (unpaired) electrons. The Morgan fingerprint density at radius 2 is 1.85 bits per heavy atom. The van der Waals surface area contributed by atoms with E-state index in [9.17, 15) is 14.4 Å². The zero-order valence-corrected chi connectivity index (χ0v) is 15.4. The minimum absolute atomic E-state index is 0.192. The van der Waals surface area contributed by atoms with Crippen LogP contribution in [0, 0.1) is 5.92 Å². The predicted octanol–water partition coefficient (Wildman–Crippen LogP) is 3.20. The van der Waals surface area contributed by atoms with E-state index in [-0.39, 0.29) is 30.4 Å². The smallest absolute Gasteiger partial charge is 0.306 e. The molecule has 6 heteroatoms. The Labute approximate surface area is 159 Å². The van der Waals surface area contributed by atoms with Crippen molar-refractivity contribution in [2.75, 3.05) is 11.9 Å². The second-order valence-corrected chi connectivity index (χ2v) is 7.18. The Bertz CT molecular complexity index is 723. The number of hydrogen-bond donors (Lipinski definition) is 2. The molecular formula is C21H26N2O4. The first-order valence-electron chi connectivity index (χ1n) is 9.64. The molecule has 27 heavy (non-hydrogen) atoms. The number of nitrogens with one attached hydrogen (secondary N) is 2. The summed E-state index contributed by atoms with van der Waals surface area (Å²) < 4.78 is 5.06. The number of para-hydroxylation sites is 1. The molecule has 2 aliphatic rings. The van der Waals surface area contributed by atoms with Crippen LogP contribution in [0.5, 0.6) is 0 Å². The maximum absolute atomic E-state index is 12.5. The lowest BCUT2D eigenvalue weighted by molar-refractivity contribution is -0.147. The van der Waals surface area contributed by atoms with E-state index in [1.165, 1.54) is 0 Å². The molecule has 0 aromatic heterocycles. The van der Waals surface area contributed by atoms with Crippen LogP contribution in [0.4, 0.5) is 5.69 Å². The minimum Gasteiger partial charge on any atom is -0.456 e. The van der Waals surface area contributed by atoms with E-state index >= 15 is 0 Å². The molecule has 1 aromatic carbocycles. The van der Waals surface area contributed by atoms with Gasteiger partial charge in [-0.1, -0.05) is 37.1 Å². The van der Waals surface area contributed by atoms with Gasteiger partial charge in [-0.25, -0.2) is 0 Å². The highest BCUT2D eigenvalue weighted by molar-refractivity contribution is 6.04. The van der Waals surface area contributed by atoms with E-state index in [0.717, 1.165) is 38.5 Å². The largest absolute Gasteiger partial charge is 0.456 e. The Hall–Kier alpha value is -2.63. The number of anilines is 1.